The molecule has 3 rings (SSSR count). The fourth-order valence-electron chi connectivity index (χ4n) is 3.43. The monoisotopic (exact) mass is 546 g/mol. The minimum atomic E-state index is 0. The molecule has 0 bridgehead atoms. The summed E-state index contributed by atoms with van der Waals surface area (Å²) in [5.41, 5.74) is 0.830. The smallest absolute Gasteiger partial charge is 0.228 e. The summed E-state index contributed by atoms with van der Waals surface area (Å²) in [5.74, 6) is 2.51. The zero-order valence-electron chi connectivity index (χ0n) is 17.2. The number of piperidine rings is 1. The number of guanidine groups is 1. The minimum Gasteiger partial charge on any atom is -0.359 e. The van der Waals surface area contributed by atoms with Crippen molar-refractivity contribution in [2.45, 2.75) is 25.7 Å². The molecule has 8 nitrogen and oxygen atoms in total. The molecular weight excluding hydrogens is 519 g/mol. The molecule has 1 aliphatic rings. The summed E-state index contributed by atoms with van der Waals surface area (Å²) in [4.78, 5) is 22.6. The van der Waals surface area contributed by atoms with Gasteiger partial charge in [0.2, 0.25) is 17.6 Å². The zero-order valence-corrected chi connectivity index (χ0v) is 20.3. The van der Waals surface area contributed by atoms with Gasteiger partial charge in [-0.2, -0.15) is 4.98 Å². The fraction of sp³-hybridized carbons (Fsp3) is 0.500. The van der Waals surface area contributed by atoms with Gasteiger partial charge in [-0.05, 0) is 30.9 Å². The second kappa shape index (κ2) is 12.1. The van der Waals surface area contributed by atoms with Gasteiger partial charge >= 0.3 is 0 Å². The first-order valence-corrected chi connectivity index (χ1v) is 10.2. The van der Waals surface area contributed by atoms with Crippen molar-refractivity contribution in [2.24, 2.45) is 10.9 Å². The molecule has 10 heteroatoms. The Bertz CT molecular complexity index is 851. The van der Waals surface area contributed by atoms with E-state index in [1.165, 1.54) is 0 Å². The van der Waals surface area contributed by atoms with E-state index in [2.05, 4.69) is 30.7 Å². The number of likely N-dealkylation sites (tertiary alicyclic amines) is 1. The molecular formula is C20H28ClIN6O2. The van der Waals surface area contributed by atoms with Gasteiger partial charge in [0, 0.05) is 57.2 Å². The van der Waals surface area contributed by atoms with Crippen molar-refractivity contribution in [1.82, 2.24) is 25.7 Å². The first-order valence-electron chi connectivity index (χ1n) is 9.83. The van der Waals surface area contributed by atoms with Crippen LogP contribution in [0, 0.1) is 5.92 Å². The van der Waals surface area contributed by atoms with E-state index < -0.39 is 0 Å². The van der Waals surface area contributed by atoms with E-state index in [1.54, 1.807) is 14.1 Å². The van der Waals surface area contributed by atoms with Crippen LogP contribution in [0.4, 0.5) is 0 Å². The van der Waals surface area contributed by atoms with Crippen molar-refractivity contribution in [2.75, 3.05) is 33.7 Å². The number of hydrogen-bond donors (Lipinski definition) is 2. The number of nitrogens with zero attached hydrogens (tertiary/aromatic N) is 4. The van der Waals surface area contributed by atoms with Gasteiger partial charge in [0.15, 0.2) is 5.96 Å². The topological polar surface area (TPSA) is 95.7 Å². The molecule has 0 radical (unpaired) electrons. The highest BCUT2D eigenvalue weighted by Gasteiger charge is 2.23. The first kappa shape index (κ1) is 24.4. The van der Waals surface area contributed by atoms with E-state index in [4.69, 9.17) is 16.1 Å². The summed E-state index contributed by atoms with van der Waals surface area (Å²) in [6.07, 6.45) is 3.17. The van der Waals surface area contributed by atoms with E-state index >= 15 is 0 Å². The number of rotatable bonds is 6. The Morgan fingerprint density at radius 3 is 2.80 bits per heavy atom. The Morgan fingerprint density at radius 2 is 2.13 bits per heavy atom. The number of hydrogen-bond acceptors (Lipinski definition) is 5. The molecule has 2 N–H and O–H groups in total. The van der Waals surface area contributed by atoms with Crippen molar-refractivity contribution < 1.29 is 9.32 Å². The van der Waals surface area contributed by atoms with E-state index in [9.17, 15) is 4.79 Å². The molecule has 0 saturated carbocycles. The fourth-order valence-corrected chi connectivity index (χ4v) is 3.62. The van der Waals surface area contributed by atoms with Crippen LogP contribution in [-0.4, -0.2) is 60.6 Å². The Kier molecular flexibility index (Phi) is 9.83. The summed E-state index contributed by atoms with van der Waals surface area (Å²) in [7, 11) is 3.47. The second-order valence-electron chi connectivity index (χ2n) is 7.05. The second-order valence-corrected chi connectivity index (χ2v) is 7.49. The molecule has 2 heterocycles. The molecule has 0 aliphatic carbocycles. The third-order valence-electron chi connectivity index (χ3n) is 5.05. The number of aliphatic imine (C=N–C) groups is 1. The van der Waals surface area contributed by atoms with Gasteiger partial charge in [0.1, 0.15) is 0 Å². The highest BCUT2D eigenvalue weighted by atomic mass is 127. The average Bonchev–Trinajstić information content (AvgIpc) is 3.21. The molecule has 0 atom stereocenters. The minimum absolute atomic E-state index is 0. The lowest BCUT2D eigenvalue weighted by Gasteiger charge is -2.34. The Labute approximate surface area is 198 Å². The van der Waals surface area contributed by atoms with Gasteiger partial charge in [-0.1, -0.05) is 28.9 Å². The Hall–Kier alpha value is -1.88. The van der Waals surface area contributed by atoms with Crippen molar-refractivity contribution in [3.05, 3.63) is 35.2 Å². The maximum absolute atomic E-state index is 11.5. The van der Waals surface area contributed by atoms with E-state index in [0.717, 1.165) is 37.5 Å². The third-order valence-corrected chi connectivity index (χ3v) is 5.29. The highest BCUT2D eigenvalue weighted by Crippen LogP contribution is 2.21. The first-order chi connectivity index (χ1) is 14.1. The third kappa shape index (κ3) is 6.83. The van der Waals surface area contributed by atoms with Crippen LogP contribution in [0.15, 0.2) is 33.8 Å². The van der Waals surface area contributed by atoms with Crippen LogP contribution in [-0.2, 0) is 11.2 Å². The predicted molar refractivity (Wildman–Crippen MR) is 128 cm³/mol. The Morgan fingerprint density at radius 1 is 1.37 bits per heavy atom. The lowest BCUT2D eigenvalue weighted by molar-refractivity contribution is -0.121. The van der Waals surface area contributed by atoms with Crippen LogP contribution in [0.2, 0.25) is 5.02 Å². The molecule has 1 aliphatic heterocycles. The Balaban J connectivity index is 0.00000320. The zero-order chi connectivity index (χ0) is 20.6. The number of aromatic nitrogens is 2. The van der Waals surface area contributed by atoms with Crippen molar-refractivity contribution in [1.29, 1.82) is 0 Å². The van der Waals surface area contributed by atoms with Crippen LogP contribution >= 0.6 is 35.6 Å². The molecule has 1 aromatic heterocycles. The normalized spacial score (nSPS) is 14.9. The van der Waals surface area contributed by atoms with E-state index in [1.807, 2.05) is 24.3 Å². The summed E-state index contributed by atoms with van der Waals surface area (Å²) in [5, 5.41) is 10.7. The predicted octanol–water partition coefficient (Wildman–Crippen LogP) is 2.97. The van der Waals surface area contributed by atoms with Crippen molar-refractivity contribution in [3.8, 4) is 11.4 Å². The maximum atomic E-state index is 11.5. The summed E-state index contributed by atoms with van der Waals surface area (Å²) in [6.45, 7) is 2.42. The van der Waals surface area contributed by atoms with Gasteiger partial charge in [-0.15, -0.1) is 24.0 Å². The molecule has 1 aromatic carbocycles. The number of carbonyl (C=O) groups excluding carboxylic acids is 1. The molecule has 0 unspecified atom stereocenters. The van der Waals surface area contributed by atoms with Crippen LogP contribution in [0.25, 0.3) is 11.4 Å². The summed E-state index contributed by atoms with van der Waals surface area (Å²) in [6, 6.07) is 7.37. The molecule has 30 heavy (non-hydrogen) atoms. The van der Waals surface area contributed by atoms with Gasteiger partial charge in [-0.3, -0.25) is 9.79 Å². The number of halogens is 2. The van der Waals surface area contributed by atoms with Gasteiger partial charge in [-0.25, -0.2) is 0 Å². The van der Waals surface area contributed by atoms with Crippen LogP contribution < -0.4 is 10.6 Å². The number of benzene rings is 1. The molecule has 0 spiro atoms. The largest absolute Gasteiger partial charge is 0.359 e. The molecule has 164 valence electrons. The van der Waals surface area contributed by atoms with Gasteiger partial charge < -0.3 is 20.1 Å². The van der Waals surface area contributed by atoms with Crippen LogP contribution in [0.1, 0.15) is 25.2 Å². The number of amides is 1. The van der Waals surface area contributed by atoms with Crippen LogP contribution in [0.5, 0.6) is 0 Å². The highest BCUT2D eigenvalue weighted by molar-refractivity contribution is 14.0. The summed E-state index contributed by atoms with van der Waals surface area (Å²) < 4.78 is 5.35. The lowest BCUT2D eigenvalue weighted by atomic mass is 9.93. The van der Waals surface area contributed by atoms with E-state index in [0.29, 0.717) is 42.0 Å². The number of carbonyl (C=O) groups is 1. The SMILES string of the molecule is CN=C(NCCc1nc(-c2cccc(Cl)c2)no1)N1CCC(CC(=O)NC)CC1.I. The number of nitrogens with one attached hydrogen (secondary N) is 2. The maximum Gasteiger partial charge on any atom is 0.228 e. The summed E-state index contributed by atoms with van der Waals surface area (Å²) >= 11 is 6.02. The van der Waals surface area contributed by atoms with Gasteiger partial charge in [0.05, 0.1) is 0 Å². The lowest BCUT2D eigenvalue weighted by Crippen LogP contribution is -2.46. The molecule has 1 saturated heterocycles. The molecule has 1 amide bonds. The van der Waals surface area contributed by atoms with Crippen molar-refractivity contribution >= 4 is 47.4 Å². The quantitative estimate of drug-likeness (QED) is 0.329. The molecule has 1 fully saturated rings. The van der Waals surface area contributed by atoms with Crippen molar-refractivity contribution in [3.63, 3.8) is 0 Å². The van der Waals surface area contributed by atoms with E-state index in [-0.39, 0.29) is 29.9 Å². The standard InChI is InChI=1S/C20H27ClN6O2.HI/c1-22-17(28)12-14-7-10-27(11-8-14)20(23-2)24-9-6-18-25-19(26-29-18)15-4-3-5-16(21)13-15;/h3-5,13-14H,6-12H2,1-2H3,(H,22,28)(H,23,24);1H. The average molecular weight is 547 g/mol. The molecule has 2 aromatic rings. The van der Waals surface area contributed by atoms with Gasteiger partial charge in [0.25, 0.3) is 0 Å². The van der Waals surface area contributed by atoms with Crippen LogP contribution in [0.3, 0.4) is 0 Å².